The van der Waals surface area contributed by atoms with Crippen LogP contribution in [0.15, 0.2) is 24.4 Å². The summed E-state index contributed by atoms with van der Waals surface area (Å²) in [6, 6.07) is 5.47. The lowest BCUT2D eigenvalue weighted by Crippen LogP contribution is -2.38. The summed E-state index contributed by atoms with van der Waals surface area (Å²) < 4.78 is 5.63. The molecule has 2 aliphatic rings. The number of aromatic nitrogens is 1. The Labute approximate surface area is 161 Å². The van der Waals surface area contributed by atoms with Gasteiger partial charge in [0.2, 0.25) is 5.91 Å². The maximum atomic E-state index is 12.5. The second-order valence-electron chi connectivity index (χ2n) is 6.52. The van der Waals surface area contributed by atoms with Crippen LogP contribution in [0.2, 0.25) is 5.02 Å². The van der Waals surface area contributed by atoms with Gasteiger partial charge in [0, 0.05) is 16.1 Å². The van der Waals surface area contributed by atoms with Crippen molar-refractivity contribution in [3.63, 3.8) is 0 Å². The molecule has 138 valence electrons. The molecule has 1 aromatic carbocycles. The molecule has 4 rings (SSSR count). The Hall–Kier alpha value is -1.83. The largest absolute Gasteiger partial charge is 0.490 e. The van der Waals surface area contributed by atoms with Crippen LogP contribution in [0.1, 0.15) is 23.6 Å². The highest BCUT2D eigenvalue weighted by Gasteiger charge is 2.22. The number of ether oxygens (including phenoxy) is 1. The van der Waals surface area contributed by atoms with Crippen molar-refractivity contribution in [2.45, 2.75) is 18.8 Å². The average Bonchev–Trinajstić information content (AvgIpc) is 3.11. The van der Waals surface area contributed by atoms with Gasteiger partial charge in [-0.2, -0.15) is 0 Å². The highest BCUT2D eigenvalue weighted by atomic mass is 35.5. The number of hydrogen-bond donors (Lipinski definition) is 2. The van der Waals surface area contributed by atoms with E-state index in [9.17, 15) is 4.79 Å². The lowest BCUT2D eigenvalue weighted by Gasteiger charge is -2.30. The van der Waals surface area contributed by atoms with Gasteiger partial charge in [-0.15, -0.1) is 11.3 Å². The van der Waals surface area contributed by atoms with Crippen molar-refractivity contribution in [3.8, 4) is 5.75 Å². The third-order valence-electron chi connectivity index (χ3n) is 4.73. The monoisotopic (exact) mass is 392 g/mol. The summed E-state index contributed by atoms with van der Waals surface area (Å²) >= 11 is 7.67. The molecule has 1 aromatic heterocycles. The summed E-state index contributed by atoms with van der Waals surface area (Å²) in [6.07, 6.45) is 4.15. The number of fused-ring (bicyclic) bond motifs is 1. The first-order valence-corrected chi connectivity index (χ1v) is 10.0. The zero-order chi connectivity index (χ0) is 17.9. The molecule has 0 bridgehead atoms. The van der Waals surface area contributed by atoms with Gasteiger partial charge in [0.1, 0.15) is 12.4 Å². The van der Waals surface area contributed by atoms with E-state index in [2.05, 4.69) is 15.6 Å². The van der Waals surface area contributed by atoms with Gasteiger partial charge in [0.15, 0.2) is 5.13 Å². The van der Waals surface area contributed by atoms with Gasteiger partial charge in [0.25, 0.3) is 0 Å². The molecule has 2 aromatic rings. The minimum absolute atomic E-state index is 0.0796. The Kier molecular flexibility index (Phi) is 5.28. The standard InChI is InChI=1S/C18H21ClN4O2S/c19-13-1-2-15-14(9-13)23(7-8-25-15)11-17(24)22-18-21-10-16(26-18)12-3-5-20-6-4-12/h1-2,9-10,12,20H,3-8,11H2,(H,21,22,24). The van der Waals surface area contributed by atoms with E-state index in [0.717, 1.165) is 37.4 Å². The van der Waals surface area contributed by atoms with E-state index in [4.69, 9.17) is 16.3 Å². The van der Waals surface area contributed by atoms with Crippen LogP contribution in [0, 0.1) is 0 Å². The average molecular weight is 393 g/mol. The molecule has 0 atom stereocenters. The molecule has 0 aliphatic carbocycles. The number of benzene rings is 1. The number of rotatable bonds is 4. The Morgan fingerprint density at radius 2 is 2.27 bits per heavy atom. The predicted octanol–water partition coefficient (Wildman–Crippen LogP) is 3.10. The molecule has 2 N–H and O–H groups in total. The first-order chi connectivity index (χ1) is 12.7. The van der Waals surface area contributed by atoms with E-state index in [1.807, 2.05) is 23.2 Å². The number of halogens is 1. The fraction of sp³-hybridized carbons (Fsp3) is 0.444. The van der Waals surface area contributed by atoms with Gasteiger partial charge in [-0.3, -0.25) is 4.79 Å². The number of nitrogens with one attached hydrogen (secondary N) is 2. The third kappa shape index (κ3) is 3.95. The molecule has 1 amide bonds. The Balaban J connectivity index is 1.39. The van der Waals surface area contributed by atoms with Crippen molar-refractivity contribution in [1.29, 1.82) is 0 Å². The molecule has 2 aliphatic heterocycles. The van der Waals surface area contributed by atoms with E-state index >= 15 is 0 Å². The van der Waals surface area contributed by atoms with Gasteiger partial charge < -0.3 is 20.3 Å². The normalized spacial score (nSPS) is 17.5. The van der Waals surface area contributed by atoms with E-state index < -0.39 is 0 Å². The number of thiazole rings is 1. The molecular weight excluding hydrogens is 372 g/mol. The Morgan fingerprint density at radius 1 is 1.42 bits per heavy atom. The van der Waals surface area contributed by atoms with Crippen molar-refractivity contribution >= 4 is 39.7 Å². The number of anilines is 2. The van der Waals surface area contributed by atoms with Crippen LogP contribution in [0.4, 0.5) is 10.8 Å². The van der Waals surface area contributed by atoms with Crippen molar-refractivity contribution < 1.29 is 9.53 Å². The summed E-state index contributed by atoms with van der Waals surface area (Å²) in [5.41, 5.74) is 0.855. The summed E-state index contributed by atoms with van der Waals surface area (Å²) in [5, 5.41) is 7.60. The third-order valence-corrected chi connectivity index (χ3v) is 6.04. The molecule has 0 saturated carbocycles. The van der Waals surface area contributed by atoms with Gasteiger partial charge in [-0.05, 0) is 50.0 Å². The van der Waals surface area contributed by atoms with Gasteiger partial charge in [-0.25, -0.2) is 4.98 Å². The number of nitrogens with zero attached hydrogens (tertiary/aromatic N) is 2. The first-order valence-electron chi connectivity index (χ1n) is 8.82. The van der Waals surface area contributed by atoms with Crippen LogP contribution >= 0.6 is 22.9 Å². The van der Waals surface area contributed by atoms with Crippen LogP contribution in [-0.2, 0) is 4.79 Å². The number of piperidine rings is 1. The maximum Gasteiger partial charge on any atom is 0.245 e. The van der Waals surface area contributed by atoms with E-state index in [-0.39, 0.29) is 12.5 Å². The molecule has 8 heteroatoms. The van der Waals surface area contributed by atoms with Gasteiger partial charge >= 0.3 is 0 Å². The molecule has 26 heavy (non-hydrogen) atoms. The highest BCUT2D eigenvalue weighted by Crippen LogP contribution is 2.34. The van der Waals surface area contributed by atoms with E-state index in [1.165, 1.54) is 4.88 Å². The second kappa shape index (κ2) is 7.82. The quantitative estimate of drug-likeness (QED) is 0.836. The predicted molar refractivity (Wildman–Crippen MR) is 105 cm³/mol. The lowest BCUT2D eigenvalue weighted by atomic mass is 9.97. The molecule has 0 spiro atoms. The maximum absolute atomic E-state index is 12.5. The minimum atomic E-state index is -0.0796. The van der Waals surface area contributed by atoms with Crippen molar-refractivity contribution in [3.05, 3.63) is 34.3 Å². The van der Waals surface area contributed by atoms with Crippen LogP contribution in [0.5, 0.6) is 5.75 Å². The second-order valence-corrected chi connectivity index (χ2v) is 8.02. The summed E-state index contributed by atoms with van der Waals surface area (Å²) in [4.78, 5) is 20.1. The van der Waals surface area contributed by atoms with Crippen LogP contribution in [-0.4, -0.2) is 43.7 Å². The number of amides is 1. The number of carbonyl (C=O) groups is 1. The highest BCUT2D eigenvalue weighted by molar-refractivity contribution is 7.15. The molecule has 0 radical (unpaired) electrons. The lowest BCUT2D eigenvalue weighted by molar-refractivity contribution is -0.115. The fourth-order valence-electron chi connectivity index (χ4n) is 3.38. The van der Waals surface area contributed by atoms with E-state index in [0.29, 0.717) is 29.2 Å². The van der Waals surface area contributed by atoms with Crippen LogP contribution in [0.25, 0.3) is 0 Å². The summed E-state index contributed by atoms with van der Waals surface area (Å²) in [6.45, 7) is 3.55. The fourth-order valence-corrected chi connectivity index (χ4v) is 4.55. The van der Waals surface area contributed by atoms with Crippen molar-refractivity contribution in [1.82, 2.24) is 10.3 Å². The number of carbonyl (C=O) groups excluding carboxylic acids is 1. The van der Waals surface area contributed by atoms with Crippen LogP contribution in [0.3, 0.4) is 0 Å². The van der Waals surface area contributed by atoms with E-state index in [1.54, 1.807) is 17.4 Å². The summed E-state index contributed by atoms with van der Waals surface area (Å²) in [5.74, 6) is 1.23. The Morgan fingerprint density at radius 3 is 3.12 bits per heavy atom. The number of hydrogen-bond acceptors (Lipinski definition) is 6. The van der Waals surface area contributed by atoms with Gasteiger partial charge in [-0.1, -0.05) is 11.6 Å². The molecule has 3 heterocycles. The topological polar surface area (TPSA) is 66.5 Å². The first kappa shape index (κ1) is 17.6. The molecule has 0 unspecified atom stereocenters. The van der Waals surface area contributed by atoms with Crippen molar-refractivity contribution in [2.75, 3.05) is 43.0 Å². The molecular formula is C18H21ClN4O2S. The SMILES string of the molecule is O=C(CN1CCOc2ccc(Cl)cc21)Nc1ncc(C2CCNCC2)s1. The molecule has 6 nitrogen and oxygen atoms in total. The van der Waals surface area contributed by atoms with Gasteiger partial charge in [0.05, 0.1) is 18.8 Å². The zero-order valence-corrected chi connectivity index (χ0v) is 15.9. The summed E-state index contributed by atoms with van der Waals surface area (Å²) in [7, 11) is 0. The Bertz CT molecular complexity index is 791. The molecule has 1 fully saturated rings. The molecule has 1 saturated heterocycles. The van der Waals surface area contributed by atoms with Crippen LogP contribution < -0.4 is 20.3 Å². The van der Waals surface area contributed by atoms with Crippen molar-refractivity contribution in [2.24, 2.45) is 0 Å². The zero-order valence-electron chi connectivity index (χ0n) is 14.3. The minimum Gasteiger partial charge on any atom is -0.490 e. The smallest absolute Gasteiger partial charge is 0.245 e.